The molecule has 1 N–H and O–H groups in total. The summed E-state index contributed by atoms with van der Waals surface area (Å²) in [6, 6.07) is 3.95. The second kappa shape index (κ2) is 6.76. The number of nitrogens with zero attached hydrogens (tertiary/aromatic N) is 1. The largest absolute Gasteiger partial charge is 0.506 e. The van der Waals surface area contributed by atoms with Gasteiger partial charge in [-0.15, -0.1) is 0 Å². The molecule has 0 spiro atoms. The zero-order chi connectivity index (χ0) is 13.0. The fourth-order valence-electron chi connectivity index (χ4n) is 1.79. The van der Waals surface area contributed by atoms with Crippen molar-refractivity contribution in [3.63, 3.8) is 0 Å². The van der Waals surface area contributed by atoms with E-state index in [0.29, 0.717) is 5.92 Å². The first kappa shape index (κ1) is 15.0. The molecule has 0 aliphatic heterocycles. The highest BCUT2D eigenvalue weighted by molar-refractivity contribution is 9.11. The lowest BCUT2D eigenvalue weighted by atomic mass is 10.1. The van der Waals surface area contributed by atoms with Crippen LogP contribution in [0.1, 0.15) is 26.3 Å². The number of rotatable bonds is 5. The molecule has 0 bridgehead atoms. The molecule has 0 aromatic heterocycles. The molecular formula is C13H19Br2NO. The van der Waals surface area contributed by atoms with Crippen LogP contribution in [0.25, 0.3) is 0 Å². The van der Waals surface area contributed by atoms with Gasteiger partial charge in [-0.1, -0.05) is 20.8 Å². The van der Waals surface area contributed by atoms with Crippen LogP contribution in [0, 0.1) is 5.92 Å². The summed E-state index contributed by atoms with van der Waals surface area (Å²) in [5, 5.41) is 9.66. The topological polar surface area (TPSA) is 23.5 Å². The molecule has 0 fully saturated rings. The average Bonchev–Trinajstić information content (AvgIpc) is 2.24. The van der Waals surface area contributed by atoms with E-state index in [1.165, 1.54) is 5.56 Å². The predicted octanol–water partition coefficient (Wildman–Crippen LogP) is 4.40. The van der Waals surface area contributed by atoms with E-state index in [4.69, 9.17) is 0 Å². The van der Waals surface area contributed by atoms with Crippen LogP contribution in [0.5, 0.6) is 5.75 Å². The molecule has 0 aliphatic rings. The van der Waals surface area contributed by atoms with E-state index < -0.39 is 0 Å². The smallest absolute Gasteiger partial charge is 0.143 e. The van der Waals surface area contributed by atoms with Gasteiger partial charge in [0.05, 0.1) is 8.95 Å². The minimum absolute atomic E-state index is 0.264. The number of phenolic OH excluding ortho intramolecular Hbond substituents is 1. The van der Waals surface area contributed by atoms with E-state index >= 15 is 0 Å². The number of hydrogen-bond acceptors (Lipinski definition) is 2. The lowest BCUT2D eigenvalue weighted by Crippen LogP contribution is -2.27. The molecule has 0 amide bonds. The number of benzene rings is 1. The van der Waals surface area contributed by atoms with Gasteiger partial charge < -0.3 is 5.11 Å². The van der Waals surface area contributed by atoms with E-state index in [-0.39, 0.29) is 5.75 Å². The van der Waals surface area contributed by atoms with Crippen LogP contribution in [-0.2, 0) is 6.54 Å². The van der Waals surface area contributed by atoms with Gasteiger partial charge in [0.15, 0.2) is 0 Å². The van der Waals surface area contributed by atoms with Crippen LogP contribution in [0.2, 0.25) is 0 Å². The third kappa shape index (κ3) is 4.60. The Labute approximate surface area is 120 Å². The highest BCUT2D eigenvalue weighted by Gasteiger charge is 2.10. The zero-order valence-electron chi connectivity index (χ0n) is 10.5. The van der Waals surface area contributed by atoms with Gasteiger partial charge in [0.25, 0.3) is 0 Å². The molecule has 96 valence electrons. The van der Waals surface area contributed by atoms with Gasteiger partial charge in [-0.3, -0.25) is 4.90 Å². The Kier molecular flexibility index (Phi) is 5.97. The van der Waals surface area contributed by atoms with E-state index in [1.807, 2.05) is 12.1 Å². The summed E-state index contributed by atoms with van der Waals surface area (Å²) in [6.45, 7) is 9.66. The van der Waals surface area contributed by atoms with Crippen LogP contribution in [0.4, 0.5) is 0 Å². The molecule has 4 heteroatoms. The van der Waals surface area contributed by atoms with Crippen LogP contribution >= 0.6 is 31.9 Å². The van der Waals surface area contributed by atoms with Crippen molar-refractivity contribution in [3.05, 3.63) is 26.6 Å². The molecule has 0 heterocycles. The second-order valence-electron chi connectivity index (χ2n) is 4.63. The van der Waals surface area contributed by atoms with Crippen molar-refractivity contribution in [1.29, 1.82) is 0 Å². The summed E-state index contributed by atoms with van der Waals surface area (Å²) >= 11 is 6.72. The van der Waals surface area contributed by atoms with Gasteiger partial charge >= 0.3 is 0 Å². The third-order valence-corrected chi connectivity index (χ3v) is 3.76. The monoisotopic (exact) mass is 363 g/mol. The number of phenols is 1. The Morgan fingerprint density at radius 2 is 1.76 bits per heavy atom. The minimum atomic E-state index is 0.264. The van der Waals surface area contributed by atoms with Gasteiger partial charge in [0.2, 0.25) is 0 Å². The summed E-state index contributed by atoms with van der Waals surface area (Å²) in [5.74, 6) is 0.930. The van der Waals surface area contributed by atoms with E-state index in [1.54, 1.807) is 0 Å². The van der Waals surface area contributed by atoms with Gasteiger partial charge in [0, 0.05) is 13.1 Å². The normalized spacial score (nSPS) is 11.5. The van der Waals surface area contributed by atoms with Crippen LogP contribution in [-0.4, -0.2) is 23.1 Å². The molecule has 1 aromatic rings. The predicted molar refractivity (Wildman–Crippen MR) is 79.3 cm³/mol. The van der Waals surface area contributed by atoms with Crippen molar-refractivity contribution in [2.24, 2.45) is 5.92 Å². The zero-order valence-corrected chi connectivity index (χ0v) is 13.7. The van der Waals surface area contributed by atoms with Crippen LogP contribution in [0.15, 0.2) is 21.1 Å². The third-order valence-electron chi connectivity index (χ3n) is 2.55. The number of hydrogen-bond donors (Lipinski definition) is 1. The molecule has 0 radical (unpaired) electrons. The molecule has 1 aromatic carbocycles. The van der Waals surface area contributed by atoms with Crippen molar-refractivity contribution in [3.8, 4) is 5.75 Å². The maximum atomic E-state index is 9.66. The summed E-state index contributed by atoms with van der Waals surface area (Å²) < 4.78 is 1.48. The lowest BCUT2D eigenvalue weighted by molar-refractivity contribution is 0.248. The molecule has 2 nitrogen and oxygen atoms in total. The Bertz CT molecular complexity index is 357. The second-order valence-corrected chi connectivity index (χ2v) is 6.34. The lowest BCUT2D eigenvalue weighted by Gasteiger charge is -2.22. The minimum Gasteiger partial charge on any atom is -0.506 e. The average molecular weight is 365 g/mol. The highest BCUT2D eigenvalue weighted by atomic mass is 79.9. The first-order valence-corrected chi connectivity index (χ1v) is 7.41. The van der Waals surface area contributed by atoms with Gasteiger partial charge in [0.1, 0.15) is 5.75 Å². The van der Waals surface area contributed by atoms with Crippen molar-refractivity contribution < 1.29 is 5.11 Å². The maximum absolute atomic E-state index is 9.66. The Morgan fingerprint density at radius 1 is 1.24 bits per heavy atom. The summed E-state index contributed by atoms with van der Waals surface area (Å²) in [5.41, 5.74) is 1.20. The fraction of sp³-hybridized carbons (Fsp3) is 0.538. The Morgan fingerprint density at radius 3 is 2.18 bits per heavy atom. The molecule has 0 atom stereocenters. The number of aromatic hydroxyl groups is 1. The van der Waals surface area contributed by atoms with Crippen molar-refractivity contribution in [2.45, 2.75) is 27.3 Å². The molecule has 0 saturated carbocycles. The standard InChI is InChI=1S/C13H19Br2NO/c1-4-16(7-9(2)3)8-10-5-11(14)13(17)12(15)6-10/h5-6,9,17H,4,7-8H2,1-3H3. The van der Waals surface area contributed by atoms with Crippen molar-refractivity contribution >= 4 is 31.9 Å². The Hall–Kier alpha value is -0.0600. The molecular weight excluding hydrogens is 346 g/mol. The molecule has 0 unspecified atom stereocenters. The van der Waals surface area contributed by atoms with E-state index in [0.717, 1.165) is 28.6 Å². The summed E-state index contributed by atoms with van der Waals surface area (Å²) in [6.07, 6.45) is 0. The van der Waals surface area contributed by atoms with Gasteiger partial charge in [-0.25, -0.2) is 0 Å². The molecule has 17 heavy (non-hydrogen) atoms. The first-order valence-electron chi connectivity index (χ1n) is 5.83. The summed E-state index contributed by atoms with van der Waals surface area (Å²) in [4.78, 5) is 2.40. The quantitative estimate of drug-likeness (QED) is 0.837. The van der Waals surface area contributed by atoms with E-state index in [9.17, 15) is 5.11 Å². The number of halogens is 2. The molecule has 1 rings (SSSR count). The SMILES string of the molecule is CCN(Cc1cc(Br)c(O)c(Br)c1)CC(C)C. The Balaban J connectivity index is 2.79. The van der Waals surface area contributed by atoms with Crippen LogP contribution in [0.3, 0.4) is 0 Å². The highest BCUT2D eigenvalue weighted by Crippen LogP contribution is 2.33. The fourth-order valence-corrected chi connectivity index (χ4v) is 3.07. The van der Waals surface area contributed by atoms with Gasteiger partial charge in [-0.2, -0.15) is 0 Å². The maximum Gasteiger partial charge on any atom is 0.143 e. The van der Waals surface area contributed by atoms with Crippen LogP contribution < -0.4 is 0 Å². The van der Waals surface area contributed by atoms with Gasteiger partial charge in [-0.05, 0) is 62.0 Å². The van der Waals surface area contributed by atoms with E-state index in [2.05, 4.69) is 57.5 Å². The molecule has 0 aliphatic carbocycles. The molecule has 0 saturated heterocycles. The summed E-state index contributed by atoms with van der Waals surface area (Å²) in [7, 11) is 0. The first-order chi connectivity index (χ1) is 7.93. The van der Waals surface area contributed by atoms with Crippen molar-refractivity contribution in [2.75, 3.05) is 13.1 Å². The van der Waals surface area contributed by atoms with Crippen molar-refractivity contribution in [1.82, 2.24) is 4.90 Å².